The maximum absolute atomic E-state index is 12.3. The predicted molar refractivity (Wildman–Crippen MR) is 82.7 cm³/mol. The van der Waals surface area contributed by atoms with Crippen LogP contribution in [0.2, 0.25) is 0 Å². The van der Waals surface area contributed by atoms with Gasteiger partial charge in [0.15, 0.2) is 0 Å². The molecule has 3 N–H and O–H groups in total. The van der Waals surface area contributed by atoms with Crippen molar-refractivity contribution < 1.29 is 4.79 Å². The van der Waals surface area contributed by atoms with Crippen molar-refractivity contribution in [1.82, 2.24) is 0 Å². The predicted octanol–water partition coefficient (Wildman–Crippen LogP) is 3.40. The summed E-state index contributed by atoms with van der Waals surface area (Å²) in [4.78, 5) is 12.5. The van der Waals surface area contributed by atoms with Gasteiger partial charge in [0.1, 0.15) is 0 Å². The highest BCUT2D eigenvalue weighted by Gasteiger charge is 2.34. The van der Waals surface area contributed by atoms with Crippen LogP contribution in [0.3, 0.4) is 0 Å². The van der Waals surface area contributed by atoms with Crippen molar-refractivity contribution in [2.24, 2.45) is 11.1 Å². The molecule has 1 aromatic carbocycles. The van der Waals surface area contributed by atoms with Crippen molar-refractivity contribution >= 4 is 44.7 Å². The number of thiocarbonyl (C=S) groups is 1. The van der Waals surface area contributed by atoms with Gasteiger partial charge in [0.05, 0.1) is 10.4 Å². The van der Waals surface area contributed by atoms with E-state index in [-0.39, 0.29) is 10.9 Å². The molecule has 1 aromatic rings. The van der Waals surface area contributed by atoms with E-state index in [0.717, 1.165) is 15.7 Å². The summed E-state index contributed by atoms with van der Waals surface area (Å²) in [5.74, 6) is -0.164. The minimum atomic E-state index is -0.811. The van der Waals surface area contributed by atoms with E-state index < -0.39 is 5.41 Å². The first-order valence-electron chi connectivity index (χ1n) is 5.68. The Hall–Kier alpha value is -0.940. The highest BCUT2D eigenvalue weighted by Crippen LogP contribution is 2.26. The third-order valence-electron chi connectivity index (χ3n) is 3.19. The molecule has 0 radical (unpaired) electrons. The Balaban J connectivity index is 2.97. The van der Waals surface area contributed by atoms with Crippen LogP contribution in [0.15, 0.2) is 22.7 Å². The second-order valence-corrected chi connectivity index (χ2v) is 5.82. The van der Waals surface area contributed by atoms with Gasteiger partial charge in [0.25, 0.3) is 0 Å². The van der Waals surface area contributed by atoms with Gasteiger partial charge in [-0.3, -0.25) is 4.79 Å². The van der Waals surface area contributed by atoms with Crippen molar-refractivity contribution in [3.8, 4) is 0 Å². The second-order valence-electron chi connectivity index (χ2n) is 4.46. The van der Waals surface area contributed by atoms with Crippen LogP contribution in [0.4, 0.5) is 5.69 Å². The Labute approximate surface area is 121 Å². The zero-order chi connectivity index (χ0) is 13.9. The number of amides is 1. The molecule has 1 amide bonds. The fourth-order valence-electron chi connectivity index (χ4n) is 1.47. The number of nitrogens with one attached hydrogen (secondary N) is 1. The number of anilines is 1. The molecule has 1 atom stereocenters. The number of aryl methyl sites for hydroxylation is 1. The summed E-state index contributed by atoms with van der Waals surface area (Å²) in [5.41, 5.74) is 6.61. The number of benzene rings is 1. The van der Waals surface area contributed by atoms with Crippen LogP contribution in [0, 0.1) is 12.3 Å². The van der Waals surface area contributed by atoms with Crippen molar-refractivity contribution in [3.05, 3.63) is 28.2 Å². The fraction of sp³-hybridized carbons (Fsp3) is 0.385. The lowest BCUT2D eigenvalue weighted by atomic mass is 9.86. The second kappa shape index (κ2) is 5.80. The van der Waals surface area contributed by atoms with E-state index >= 15 is 0 Å². The topological polar surface area (TPSA) is 55.1 Å². The quantitative estimate of drug-likeness (QED) is 0.833. The van der Waals surface area contributed by atoms with E-state index in [1.807, 2.05) is 32.0 Å². The lowest BCUT2D eigenvalue weighted by Crippen LogP contribution is -2.43. The first-order valence-corrected chi connectivity index (χ1v) is 6.89. The number of carbonyl (C=O) groups is 1. The first-order chi connectivity index (χ1) is 8.31. The molecule has 0 aliphatic carbocycles. The van der Waals surface area contributed by atoms with Crippen LogP contribution in [0.5, 0.6) is 0 Å². The summed E-state index contributed by atoms with van der Waals surface area (Å²) in [6, 6.07) is 5.68. The molecule has 18 heavy (non-hydrogen) atoms. The Kier molecular flexibility index (Phi) is 4.87. The Morgan fingerprint density at radius 2 is 2.17 bits per heavy atom. The Bertz CT molecular complexity index is 490. The molecule has 0 saturated heterocycles. The fourth-order valence-corrected chi connectivity index (χ4v) is 2.19. The van der Waals surface area contributed by atoms with Crippen molar-refractivity contribution in [2.75, 3.05) is 5.32 Å². The third kappa shape index (κ3) is 3.09. The number of hydrogen-bond donors (Lipinski definition) is 2. The van der Waals surface area contributed by atoms with Gasteiger partial charge in [-0.15, -0.1) is 0 Å². The molecular formula is C13H17BrN2OS. The average Bonchev–Trinajstić information content (AvgIpc) is 2.31. The van der Waals surface area contributed by atoms with E-state index in [4.69, 9.17) is 18.0 Å². The number of carbonyl (C=O) groups excluding carboxylic acids is 1. The molecule has 0 fully saturated rings. The maximum Gasteiger partial charge on any atom is 0.237 e. The molecular weight excluding hydrogens is 312 g/mol. The lowest BCUT2D eigenvalue weighted by molar-refractivity contribution is -0.121. The van der Waals surface area contributed by atoms with E-state index in [1.165, 1.54) is 0 Å². The van der Waals surface area contributed by atoms with Crippen LogP contribution in [0.25, 0.3) is 0 Å². The summed E-state index contributed by atoms with van der Waals surface area (Å²) in [5, 5.41) is 2.88. The summed E-state index contributed by atoms with van der Waals surface area (Å²) < 4.78 is 0.977. The van der Waals surface area contributed by atoms with Crippen LogP contribution in [-0.4, -0.2) is 10.9 Å². The number of rotatable bonds is 4. The minimum Gasteiger partial charge on any atom is -0.392 e. The molecule has 0 heterocycles. The van der Waals surface area contributed by atoms with Crippen molar-refractivity contribution in [3.63, 3.8) is 0 Å². The van der Waals surface area contributed by atoms with Crippen molar-refractivity contribution in [2.45, 2.75) is 27.2 Å². The van der Waals surface area contributed by atoms with E-state index in [1.54, 1.807) is 6.92 Å². The Morgan fingerprint density at radius 3 is 2.61 bits per heavy atom. The molecule has 5 heteroatoms. The summed E-state index contributed by atoms with van der Waals surface area (Å²) in [6.45, 7) is 5.59. The summed E-state index contributed by atoms with van der Waals surface area (Å²) in [7, 11) is 0. The van der Waals surface area contributed by atoms with Gasteiger partial charge in [-0.25, -0.2) is 0 Å². The minimum absolute atomic E-state index is 0.164. The normalized spacial score (nSPS) is 13.8. The van der Waals surface area contributed by atoms with Gasteiger partial charge in [-0.1, -0.05) is 35.1 Å². The maximum atomic E-state index is 12.3. The lowest BCUT2D eigenvalue weighted by Gasteiger charge is -2.25. The molecule has 0 spiro atoms. The number of hydrogen-bond acceptors (Lipinski definition) is 2. The molecule has 0 aromatic heterocycles. The molecule has 0 aliphatic rings. The SMILES string of the molecule is CCC(C)(C(=O)Nc1ccc(Br)cc1C)C(N)=S. The Morgan fingerprint density at radius 1 is 1.56 bits per heavy atom. The molecule has 0 bridgehead atoms. The average molecular weight is 329 g/mol. The summed E-state index contributed by atoms with van der Waals surface area (Å²) >= 11 is 8.37. The van der Waals surface area contributed by atoms with E-state index in [0.29, 0.717) is 6.42 Å². The monoisotopic (exact) mass is 328 g/mol. The van der Waals surface area contributed by atoms with Crippen LogP contribution in [0.1, 0.15) is 25.8 Å². The highest BCUT2D eigenvalue weighted by atomic mass is 79.9. The zero-order valence-electron chi connectivity index (χ0n) is 10.7. The number of nitrogens with two attached hydrogens (primary N) is 1. The standard InChI is InChI=1S/C13H17BrN2OS/c1-4-13(3,11(15)18)12(17)16-10-6-5-9(14)7-8(10)2/h5-7H,4H2,1-3H3,(H2,15,18)(H,16,17). The van der Waals surface area contributed by atoms with E-state index in [2.05, 4.69) is 21.2 Å². The molecule has 98 valence electrons. The van der Waals surface area contributed by atoms with Crippen molar-refractivity contribution in [1.29, 1.82) is 0 Å². The van der Waals surface area contributed by atoms with Crippen LogP contribution >= 0.6 is 28.1 Å². The van der Waals surface area contributed by atoms with Crippen LogP contribution < -0.4 is 11.1 Å². The van der Waals surface area contributed by atoms with Gasteiger partial charge in [0, 0.05) is 10.2 Å². The molecule has 0 saturated carbocycles. The molecule has 3 nitrogen and oxygen atoms in total. The molecule has 1 rings (SSSR count). The largest absolute Gasteiger partial charge is 0.392 e. The third-order valence-corrected chi connectivity index (χ3v) is 4.13. The molecule has 0 aliphatic heterocycles. The highest BCUT2D eigenvalue weighted by molar-refractivity contribution is 9.10. The number of halogens is 1. The van der Waals surface area contributed by atoms with Gasteiger partial charge in [-0.05, 0) is 44.0 Å². The van der Waals surface area contributed by atoms with Gasteiger partial charge >= 0.3 is 0 Å². The van der Waals surface area contributed by atoms with Gasteiger partial charge in [0.2, 0.25) is 5.91 Å². The summed E-state index contributed by atoms with van der Waals surface area (Å²) in [6.07, 6.45) is 0.573. The zero-order valence-corrected chi connectivity index (χ0v) is 13.1. The van der Waals surface area contributed by atoms with E-state index in [9.17, 15) is 4.79 Å². The van der Waals surface area contributed by atoms with Gasteiger partial charge in [-0.2, -0.15) is 0 Å². The first kappa shape index (κ1) is 15.1. The van der Waals surface area contributed by atoms with Gasteiger partial charge < -0.3 is 11.1 Å². The molecule has 1 unspecified atom stereocenters. The smallest absolute Gasteiger partial charge is 0.237 e. The van der Waals surface area contributed by atoms with Crippen LogP contribution in [-0.2, 0) is 4.79 Å².